The molecule has 2 N–H and O–H groups in total. The van der Waals surface area contributed by atoms with Gasteiger partial charge in [-0.1, -0.05) is 18.2 Å². The van der Waals surface area contributed by atoms with Crippen LogP contribution in [0.5, 0.6) is 0 Å². The molecule has 1 aromatic carbocycles. The minimum atomic E-state index is -0.463. The van der Waals surface area contributed by atoms with E-state index in [1.54, 1.807) is 10.7 Å². The SMILES string of the molecule is CNc1cc(N2CCc3c(-c4ccc(CN5CC6(CCN(C(=O)OC(C)(C)C)CC6)C5)cn4)cccc32)nn2c(C(=O)NC3CCC3)cnc12. The molecule has 0 bridgehead atoms. The largest absolute Gasteiger partial charge is 0.444 e. The van der Waals surface area contributed by atoms with Gasteiger partial charge in [-0.05, 0) is 88.0 Å². The number of fused-ring (bicyclic) bond motifs is 2. The van der Waals surface area contributed by atoms with E-state index in [2.05, 4.69) is 55.7 Å². The van der Waals surface area contributed by atoms with Crippen molar-refractivity contribution in [1.82, 2.24) is 34.7 Å². The highest BCUT2D eigenvalue weighted by Gasteiger charge is 2.45. The molecular formula is C38H47N9O3. The Morgan fingerprint density at radius 1 is 1.02 bits per heavy atom. The molecule has 8 rings (SSSR count). The van der Waals surface area contributed by atoms with E-state index in [-0.39, 0.29) is 18.0 Å². The van der Waals surface area contributed by atoms with Crippen molar-refractivity contribution in [3.8, 4) is 11.3 Å². The summed E-state index contributed by atoms with van der Waals surface area (Å²) in [6.07, 6.45) is 9.54. The summed E-state index contributed by atoms with van der Waals surface area (Å²) >= 11 is 0. The van der Waals surface area contributed by atoms with Gasteiger partial charge in [0.25, 0.3) is 5.91 Å². The lowest BCUT2D eigenvalue weighted by Gasteiger charge is -2.54. The number of imidazole rings is 1. The van der Waals surface area contributed by atoms with E-state index in [0.717, 1.165) is 106 Å². The van der Waals surface area contributed by atoms with Crippen LogP contribution in [0, 0.1) is 5.41 Å². The standard InChI is InChI=1S/C38H47N9O3/c1-37(2,3)50-36(49)45-17-14-38(15-18-45)23-44(24-38)22-25-11-12-29(40-20-25)27-9-6-10-31-28(27)13-16-46(31)33-19-30(39-4)34-41-21-32(47(34)43-33)35(48)42-26-7-5-8-26/h6,9-12,19-21,26,39H,5,7-8,13-18,22-24H2,1-4H3,(H,42,48). The number of hydrogen-bond acceptors (Lipinski definition) is 9. The Kier molecular flexibility index (Phi) is 8.16. The highest BCUT2D eigenvalue weighted by atomic mass is 16.6. The monoisotopic (exact) mass is 677 g/mol. The van der Waals surface area contributed by atoms with E-state index in [4.69, 9.17) is 14.8 Å². The van der Waals surface area contributed by atoms with Gasteiger partial charge in [0.05, 0.1) is 17.6 Å². The average Bonchev–Trinajstić information content (AvgIpc) is 3.70. The zero-order valence-electron chi connectivity index (χ0n) is 29.5. The van der Waals surface area contributed by atoms with E-state index < -0.39 is 5.60 Å². The molecule has 0 radical (unpaired) electrons. The van der Waals surface area contributed by atoms with Gasteiger partial charge in [-0.25, -0.2) is 14.3 Å². The summed E-state index contributed by atoms with van der Waals surface area (Å²) in [5.74, 6) is 0.626. The van der Waals surface area contributed by atoms with Crippen LogP contribution in [-0.4, -0.2) is 92.8 Å². The maximum atomic E-state index is 13.1. The molecule has 262 valence electrons. The number of hydrogen-bond donors (Lipinski definition) is 2. The van der Waals surface area contributed by atoms with E-state index in [0.29, 0.717) is 16.8 Å². The summed E-state index contributed by atoms with van der Waals surface area (Å²) < 4.78 is 7.25. The summed E-state index contributed by atoms with van der Waals surface area (Å²) in [7, 11) is 1.87. The number of ether oxygens (including phenoxy) is 1. The van der Waals surface area contributed by atoms with Crippen LogP contribution in [0.25, 0.3) is 16.9 Å². The summed E-state index contributed by atoms with van der Waals surface area (Å²) in [5.41, 5.74) is 7.39. The first-order valence-electron chi connectivity index (χ1n) is 18.0. The number of amides is 2. The van der Waals surface area contributed by atoms with Crippen molar-refractivity contribution in [2.24, 2.45) is 5.41 Å². The van der Waals surface area contributed by atoms with E-state index in [1.807, 2.05) is 45.0 Å². The molecule has 1 spiro atoms. The van der Waals surface area contributed by atoms with Crippen molar-refractivity contribution in [1.29, 1.82) is 0 Å². The van der Waals surface area contributed by atoms with Gasteiger partial charge < -0.3 is 25.2 Å². The lowest BCUT2D eigenvalue weighted by atomic mass is 9.72. The molecule has 50 heavy (non-hydrogen) atoms. The minimum absolute atomic E-state index is 0.137. The summed E-state index contributed by atoms with van der Waals surface area (Å²) in [6, 6.07) is 13.0. The van der Waals surface area contributed by atoms with Crippen LogP contribution in [0.2, 0.25) is 0 Å². The number of carbonyl (C=O) groups is 2. The Morgan fingerprint density at radius 3 is 2.50 bits per heavy atom. The van der Waals surface area contributed by atoms with E-state index >= 15 is 0 Å². The number of rotatable bonds is 7. The van der Waals surface area contributed by atoms with Crippen molar-refractivity contribution >= 4 is 34.8 Å². The van der Waals surface area contributed by atoms with Crippen LogP contribution in [0.1, 0.15) is 74.5 Å². The molecule has 2 amide bonds. The Hall–Kier alpha value is -4.71. The highest BCUT2D eigenvalue weighted by molar-refractivity contribution is 5.94. The fourth-order valence-corrected chi connectivity index (χ4v) is 7.91. The van der Waals surface area contributed by atoms with Crippen molar-refractivity contribution in [3.63, 3.8) is 0 Å². The molecule has 2 saturated heterocycles. The lowest BCUT2D eigenvalue weighted by molar-refractivity contribution is -0.0551. The first-order chi connectivity index (χ1) is 24.1. The smallest absolute Gasteiger partial charge is 0.410 e. The van der Waals surface area contributed by atoms with Crippen molar-refractivity contribution < 1.29 is 14.3 Å². The fourth-order valence-electron chi connectivity index (χ4n) is 7.91. The third-order valence-electron chi connectivity index (χ3n) is 10.8. The molecule has 0 unspecified atom stereocenters. The first kappa shape index (κ1) is 32.5. The van der Waals surface area contributed by atoms with Crippen LogP contribution in [0.4, 0.5) is 22.0 Å². The number of likely N-dealkylation sites (tertiary alicyclic amines) is 2. The molecule has 1 saturated carbocycles. The Bertz CT molecular complexity index is 1910. The average molecular weight is 678 g/mol. The second kappa shape index (κ2) is 12.6. The van der Waals surface area contributed by atoms with Crippen LogP contribution in [0.3, 0.4) is 0 Å². The predicted octanol–water partition coefficient (Wildman–Crippen LogP) is 5.64. The van der Waals surface area contributed by atoms with Gasteiger partial charge >= 0.3 is 6.09 Å². The molecule has 3 aromatic heterocycles. The van der Waals surface area contributed by atoms with Crippen LogP contribution < -0.4 is 15.5 Å². The second-order valence-electron chi connectivity index (χ2n) is 15.5. The number of nitrogens with one attached hydrogen (secondary N) is 2. The molecule has 4 aromatic rings. The summed E-state index contributed by atoms with van der Waals surface area (Å²) in [5, 5.41) is 11.3. The van der Waals surface area contributed by atoms with E-state index in [9.17, 15) is 9.59 Å². The van der Waals surface area contributed by atoms with Gasteiger partial charge in [0.15, 0.2) is 17.2 Å². The Morgan fingerprint density at radius 2 is 1.82 bits per heavy atom. The normalized spacial score (nSPS) is 18.9. The molecule has 1 aliphatic carbocycles. The topological polar surface area (TPSA) is 120 Å². The maximum Gasteiger partial charge on any atom is 0.410 e. The lowest BCUT2D eigenvalue weighted by Crippen LogP contribution is -2.60. The van der Waals surface area contributed by atoms with Gasteiger partial charge in [0, 0.05) is 75.9 Å². The number of pyridine rings is 1. The first-order valence-corrected chi connectivity index (χ1v) is 18.0. The van der Waals surface area contributed by atoms with Crippen molar-refractivity contribution in [2.45, 2.75) is 77.5 Å². The zero-order chi connectivity index (χ0) is 34.6. The molecule has 3 aliphatic heterocycles. The van der Waals surface area contributed by atoms with E-state index in [1.165, 1.54) is 11.1 Å². The van der Waals surface area contributed by atoms with Gasteiger partial charge in [-0.2, -0.15) is 0 Å². The van der Waals surface area contributed by atoms with Gasteiger partial charge in [-0.3, -0.25) is 14.7 Å². The molecule has 6 heterocycles. The van der Waals surface area contributed by atoms with Crippen molar-refractivity contribution in [3.05, 3.63) is 65.6 Å². The van der Waals surface area contributed by atoms with Gasteiger partial charge in [-0.15, -0.1) is 5.10 Å². The molecular weight excluding hydrogens is 630 g/mol. The predicted molar refractivity (Wildman–Crippen MR) is 193 cm³/mol. The number of piperidine rings is 1. The van der Waals surface area contributed by atoms with Gasteiger partial charge in [0.1, 0.15) is 5.60 Å². The third kappa shape index (κ3) is 6.14. The maximum absolute atomic E-state index is 13.1. The quantitative estimate of drug-likeness (QED) is 0.256. The second-order valence-corrected chi connectivity index (χ2v) is 15.5. The molecule has 4 aliphatic rings. The molecule has 12 nitrogen and oxygen atoms in total. The number of carbonyl (C=O) groups excluding carboxylic acids is 2. The number of aromatic nitrogens is 4. The molecule has 3 fully saturated rings. The summed E-state index contributed by atoms with van der Waals surface area (Å²) in [4.78, 5) is 41.7. The number of anilines is 3. The van der Waals surface area contributed by atoms with Crippen LogP contribution in [0.15, 0.2) is 48.8 Å². The highest BCUT2D eigenvalue weighted by Crippen LogP contribution is 2.42. The minimum Gasteiger partial charge on any atom is -0.444 e. The van der Waals surface area contributed by atoms with Crippen LogP contribution >= 0.6 is 0 Å². The number of nitrogens with zero attached hydrogens (tertiary/aromatic N) is 7. The Balaban J connectivity index is 0.936. The molecule has 0 atom stereocenters. The number of benzene rings is 1. The van der Waals surface area contributed by atoms with Crippen LogP contribution in [-0.2, 0) is 17.7 Å². The third-order valence-corrected chi connectivity index (χ3v) is 10.8. The van der Waals surface area contributed by atoms with Crippen molar-refractivity contribution in [2.75, 3.05) is 50.0 Å². The fraction of sp³-hybridized carbons (Fsp3) is 0.500. The Labute approximate surface area is 293 Å². The van der Waals surface area contributed by atoms with Gasteiger partial charge in [0.2, 0.25) is 0 Å². The molecule has 12 heteroatoms. The zero-order valence-corrected chi connectivity index (χ0v) is 29.5. The summed E-state index contributed by atoms with van der Waals surface area (Å²) in [6.45, 7) is 11.0.